The summed E-state index contributed by atoms with van der Waals surface area (Å²) in [5.41, 5.74) is 2.57. The number of anilines is 1. The van der Waals surface area contributed by atoms with Gasteiger partial charge in [-0.2, -0.15) is 0 Å². The highest BCUT2D eigenvalue weighted by Gasteiger charge is 2.49. The molecule has 12 heteroatoms. The molecule has 0 bridgehead atoms. The number of esters is 1. The van der Waals surface area contributed by atoms with Gasteiger partial charge >= 0.3 is 5.97 Å². The molecule has 0 spiro atoms. The van der Waals surface area contributed by atoms with Crippen molar-refractivity contribution in [2.75, 3.05) is 25.7 Å². The number of allylic oxidation sites excluding steroid dienone is 2. The number of halogens is 3. The van der Waals surface area contributed by atoms with Crippen LogP contribution < -0.4 is 4.90 Å². The van der Waals surface area contributed by atoms with Gasteiger partial charge in [-0.1, -0.05) is 65.2 Å². The zero-order valence-electron chi connectivity index (χ0n) is 20.6. The fraction of sp³-hybridized carbons (Fsp3) is 0.500. The summed E-state index contributed by atoms with van der Waals surface area (Å²) in [6.45, 7) is 5.36. The lowest BCUT2D eigenvalue weighted by Crippen LogP contribution is -2.46. The van der Waals surface area contributed by atoms with Gasteiger partial charge in [-0.3, -0.25) is 19.3 Å². The summed E-state index contributed by atoms with van der Waals surface area (Å²) in [4.78, 5) is 49.4. The standard InChI is InChI=1S/C15H21NO4.C9H8Cl3NO2S/c1-10-7-6-8-11(2)14(10)16(13(17)9-19-4)12(3)15(18)20-5;10-9(11,12)16-13-7(14)5-3-1-2-4-6(5)8(13)15/h6-8,12H,9H2,1-5H3;1-2,5-6H,3-4H2/t12-;/m0./s1. The van der Waals surface area contributed by atoms with Crippen LogP contribution in [0, 0.1) is 25.7 Å². The summed E-state index contributed by atoms with van der Waals surface area (Å²) in [6.07, 6.45) is 5.00. The van der Waals surface area contributed by atoms with Gasteiger partial charge in [0.2, 0.25) is 11.8 Å². The number of carbonyl (C=O) groups excluding carboxylic acids is 4. The van der Waals surface area contributed by atoms with Crippen molar-refractivity contribution < 1.29 is 28.7 Å². The first kappa shape index (κ1) is 30.4. The number of hydrogen-bond acceptors (Lipinski definition) is 7. The topological polar surface area (TPSA) is 93.2 Å². The summed E-state index contributed by atoms with van der Waals surface area (Å²) >= 11 is 17.4. The van der Waals surface area contributed by atoms with Gasteiger partial charge in [0.1, 0.15) is 12.6 Å². The lowest BCUT2D eigenvalue weighted by molar-refractivity contribution is -0.143. The fourth-order valence-electron chi connectivity index (χ4n) is 4.15. The molecule has 3 amide bonds. The van der Waals surface area contributed by atoms with E-state index in [1.54, 1.807) is 6.92 Å². The number of alkyl halides is 3. The Labute approximate surface area is 230 Å². The van der Waals surface area contributed by atoms with Gasteiger partial charge in [0.15, 0.2) is 0 Å². The number of carbonyl (C=O) groups is 4. The molecule has 1 aromatic rings. The Hall–Kier alpha value is -1.78. The van der Waals surface area contributed by atoms with Gasteiger partial charge in [-0.25, -0.2) is 9.10 Å². The number of aryl methyl sites for hydroxylation is 2. The smallest absolute Gasteiger partial charge is 0.328 e. The average Bonchev–Trinajstić information content (AvgIpc) is 3.05. The minimum atomic E-state index is -1.69. The molecule has 1 aliphatic carbocycles. The number of para-hydroxylation sites is 1. The molecule has 36 heavy (non-hydrogen) atoms. The molecule has 2 aliphatic rings. The van der Waals surface area contributed by atoms with Gasteiger partial charge in [0.25, 0.3) is 9.03 Å². The number of fused-ring (bicyclic) bond motifs is 1. The first-order valence-electron chi connectivity index (χ1n) is 11.1. The Morgan fingerprint density at radius 1 is 1.08 bits per heavy atom. The van der Waals surface area contributed by atoms with E-state index in [2.05, 4.69) is 0 Å². The monoisotopic (exact) mass is 578 g/mol. The van der Waals surface area contributed by atoms with Crippen molar-refractivity contribution in [1.29, 1.82) is 0 Å². The summed E-state index contributed by atoms with van der Waals surface area (Å²) in [6, 6.07) is 5.01. The molecule has 1 heterocycles. The van der Waals surface area contributed by atoms with E-state index >= 15 is 0 Å². The molecular weight excluding hydrogens is 551 g/mol. The molecule has 198 valence electrons. The molecule has 0 aromatic heterocycles. The molecule has 3 rings (SSSR count). The van der Waals surface area contributed by atoms with Gasteiger partial charge < -0.3 is 9.47 Å². The Morgan fingerprint density at radius 2 is 1.58 bits per heavy atom. The van der Waals surface area contributed by atoms with Crippen LogP contribution in [0.2, 0.25) is 0 Å². The first-order chi connectivity index (χ1) is 16.8. The summed E-state index contributed by atoms with van der Waals surface area (Å²) in [5, 5.41) is 0. The normalized spacial score (nSPS) is 19.8. The van der Waals surface area contributed by atoms with Crippen molar-refractivity contribution in [1.82, 2.24) is 4.31 Å². The number of rotatable bonds is 6. The third-order valence-corrected chi connectivity index (χ3v) is 7.18. The fourth-order valence-corrected chi connectivity index (χ4v) is 5.43. The van der Waals surface area contributed by atoms with E-state index < -0.39 is 15.1 Å². The van der Waals surface area contributed by atoms with Gasteiger partial charge in [-0.05, 0) is 44.7 Å². The molecule has 0 N–H and O–H groups in total. The second-order valence-corrected chi connectivity index (χ2v) is 12.4. The molecule has 0 saturated carbocycles. The second-order valence-electron chi connectivity index (χ2n) is 8.30. The van der Waals surface area contributed by atoms with Crippen LogP contribution in [0.15, 0.2) is 30.4 Å². The van der Waals surface area contributed by atoms with Crippen molar-refractivity contribution in [3.63, 3.8) is 0 Å². The highest BCUT2D eigenvalue weighted by atomic mass is 35.6. The predicted molar refractivity (Wildman–Crippen MR) is 142 cm³/mol. The van der Waals surface area contributed by atoms with Crippen LogP contribution in [0.3, 0.4) is 0 Å². The Kier molecular flexibility index (Phi) is 11.1. The van der Waals surface area contributed by atoms with Gasteiger partial charge in [0.05, 0.1) is 24.6 Å². The van der Waals surface area contributed by atoms with Crippen molar-refractivity contribution in [3.8, 4) is 0 Å². The maximum Gasteiger partial charge on any atom is 0.328 e. The third-order valence-electron chi connectivity index (χ3n) is 5.81. The van der Waals surface area contributed by atoms with E-state index in [0.717, 1.165) is 21.1 Å². The van der Waals surface area contributed by atoms with Crippen LogP contribution in [0.4, 0.5) is 5.69 Å². The Bertz CT molecular complexity index is 983. The Morgan fingerprint density at radius 3 is 2.00 bits per heavy atom. The van der Waals surface area contributed by atoms with Crippen LogP contribution in [0.1, 0.15) is 30.9 Å². The molecule has 1 fully saturated rings. The number of nitrogens with zero attached hydrogens (tertiary/aromatic N) is 2. The quantitative estimate of drug-likeness (QED) is 0.158. The molecular formula is C24H29Cl3N2O6S. The number of amides is 3. The average molecular weight is 580 g/mol. The van der Waals surface area contributed by atoms with E-state index in [-0.39, 0.29) is 36.2 Å². The molecule has 1 saturated heterocycles. The minimum absolute atomic E-state index is 0.0882. The van der Waals surface area contributed by atoms with Crippen LogP contribution in [0.25, 0.3) is 0 Å². The van der Waals surface area contributed by atoms with Crippen molar-refractivity contribution in [2.24, 2.45) is 11.8 Å². The maximum absolute atomic E-state index is 12.3. The van der Waals surface area contributed by atoms with Gasteiger partial charge in [0, 0.05) is 19.1 Å². The minimum Gasteiger partial charge on any atom is -0.467 e. The lowest BCUT2D eigenvalue weighted by atomic mass is 9.85. The third kappa shape index (κ3) is 7.38. The highest BCUT2D eigenvalue weighted by molar-refractivity contribution is 8.03. The number of ether oxygens (including phenoxy) is 2. The zero-order chi connectivity index (χ0) is 27.2. The van der Waals surface area contributed by atoms with Crippen molar-refractivity contribution in [3.05, 3.63) is 41.5 Å². The van der Waals surface area contributed by atoms with Gasteiger partial charge in [-0.15, -0.1) is 0 Å². The molecule has 8 nitrogen and oxygen atoms in total. The van der Waals surface area contributed by atoms with E-state index in [4.69, 9.17) is 44.3 Å². The molecule has 2 unspecified atom stereocenters. The lowest BCUT2D eigenvalue weighted by Gasteiger charge is -2.30. The van der Waals surface area contributed by atoms with E-state index in [1.165, 1.54) is 19.1 Å². The van der Waals surface area contributed by atoms with Crippen molar-refractivity contribution >= 4 is 76.1 Å². The highest BCUT2D eigenvalue weighted by Crippen LogP contribution is 2.46. The predicted octanol–water partition coefficient (Wildman–Crippen LogP) is 4.76. The first-order valence-corrected chi connectivity index (χ1v) is 13.0. The van der Waals surface area contributed by atoms with E-state index in [9.17, 15) is 19.2 Å². The van der Waals surface area contributed by atoms with E-state index in [1.807, 2.05) is 44.2 Å². The summed E-state index contributed by atoms with van der Waals surface area (Å²) in [7, 11) is 2.76. The number of methoxy groups -OCH3 is 2. The molecule has 1 aliphatic heterocycles. The van der Waals surface area contributed by atoms with Crippen molar-refractivity contribution in [2.45, 2.75) is 42.8 Å². The summed E-state index contributed by atoms with van der Waals surface area (Å²) < 4.78 is 8.96. The van der Waals surface area contributed by atoms with Crippen LogP contribution in [-0.2, 0) is 28.7 Å². The molecule has 1 aromatic carbocycles. The molecule has 3 atom stereocenters. The number of hydrogen-bond donors (Lipinski definition) is 0. The Balaban J connectivity index is 0.000000259. The van der Waals surface area contributed by atoms with Crippen LogP contribution in [-0.4, -0.2) is 58.0 Å². The zero-order valence-corrected chi connectivity index (χ0v) is 23.7. The van der Waals surface area contributed by atoms with E-state index in [0.29, 0.717) is 24.8 Å². The number of benzene rings is 1. The largest absolute Gasteiger partial charge is 0.467 e. The maximum atomic E-state index is 12.3. The summed E-state index contributed by atoms with van der Waals surface area (Å²) in [5.74, 6) is -1.80. The molecule has 0 radical (unpaired) electrons. The van der Waals surface area contributed by atoms with Crippen LogP contribution >= 0.6 is 46.8 Å². The number of imide groups is 1. The second kappa shape index (κ2) is 13.1. The van der Waals surface area contributed by atoms with Crippen LogP contribution in [0.5, 0.6) is 0 Å². The SMILES string of the molecule is COCC(=O)N(c1c(C)cccc1C)[C@@H](C)C(=O)OC.O=C1C2CC=CCC2C(=O)N1SC(Cl)(Cl)Cl.